The Labute approximate surface area is 498 Å². The van der Waals surface area contributed by atoms with E-state index in [4.69, 9.17) is 37.9 Å². The highest BCUT2D eigenvalue weighted by atomic mass is 16.6. The Kier molecular flexibility index (Phi) is 25.1. The van der Waals surface area contributed by atoms with E-state index in [1.807, 2.05) is 104 Å². The summed E-state index contributed by atoms with van der Waals surface area (Å²) in [5.74, 6) is -0.411. The van der Waals surface area contributed by atoms with Gasteiger partial charge in [-0.3, -0.25) is 4.79 Å². The van der Waals surface area contributed by atoms with Gasteiger partial charge < -0.3 is 59.2 Å². The molecule has 5 rings (SSSR count). The second-order valence-corrected chi connectivity index (χ2v) is 24.9. The van der Waals surface area contributed by atoms with Crippen molar-refractivity contribution in [2.75, 3.05) is 39.6 Å². The molecule has 18 nitrogen and oxygen atoms in total. The number of amides is 4. The molecule has 3 aromatic carbocycles. The standard InChI is InChI=1S/C66H94N4O14/c1-15-77-39-47-23-27-49(28-24-47)41-81-61(75)69-65(11,12)54-20-17-19-53(35-54)63(7,8)67-57(71)46(6)83-44(4)38-79-58(72)51-31-33-52(34-32-51)59(73)84-45(5)43(3)37-80-60(74)68-64(9,10)55-21-18-22-56(36-55)66(13,14)70-62(76)82-42-50-29-25-48(26-30-50)40-78-16-2/h15-22,31-36,43-50H,1-2,23-30,37-42H2,3-14H3,(H,67,71)(H,68,74)(H,69,75)(H,70,76). The third-order valence-electron chi connectivity index (χ3n) is 16.2. The van der Waals surface area contributed by atoms with Crippen LogP contribution in [0.4, 0.5) is 14.4 Å². The number of benzene rings is 3. The molecule has 3 aromatic rings. The molecule has 2 fully saturated rings. The quantitative estimate of drug-likeness (QED) is 0.0288. The number of alkyl carbamates (subject to hydrolysis) is 3. The SMILES string of the molecule is C=COCC1CCC(COC(=O)NC(C)(C)c2cccc(C(C)(C)NC(=O)OCC(C)C(C)OC(=O)c3ccc(C(=O)OCC(C)OC(C)C(=O)NC(C)(C)c4cccc(C(C)(C)NC(=O)OCC5CCC(COC=C)CC5)c4)cc3)c2)CC1. The fraction of sp³-hybridized carbons (Fsp3) is 0.576. The van der Waals surface area contributed by atoms with Gasteiger partial charge >= 0.3 is 30.2 Å². The van der Waals surface area contributed by atoms with Gasteiger partial charge in [-0.25, -0.2) is 24.0 Å². The lowest BCUT2D eigenvalue weighted by molar-refractivity contribution is -0.138. The molecule has 462 valence electrons. The molecule has 2 aliphatic rings. The molecule has 2 saturated carbocycles. The van der Waals surface area contributed by atoms with Crippen molar-refractivity contribution < 1.29 is 66.7 Å². The highest BCUT2D eigenvalue weighted by Gasteiger charge is 2.33. The van der Waals surface area contributed by atoms with E-state index in [1.165, 1.54) is 36.8 Å². The number of esters is 2. The van der Waals surface area contributed by atoms with Crippen LogP contribution in [0.25, 0.3) is 0 Å². The zero-order chi connectivity index (χ0) is 61.8. The Balaban J connectivity index is 0.996. The second-order valence-electron chi connectivity index (χ2n) is 24.9. The number of hydrogen-bond acceptors (Lipinski definition) is 14. The average molecular weight is 1170 g/mol. The van der Waals surface area contributed by atoms with Crippen molar-refractivity contribution in [3.8, 4) is 0 Å². The molecule has 0 heterocycles. The Morgan fingerprint density at radius 2 is 0.845 bits per heavy atom. The fourth-order valence-corrected chi connectivity index (χ4v) is 10.3. The summed E-state index contributed by atoms with van der Waals surface area (Å²) >= 11 is 0. The predicted octanol–water partition coefficient (Wildman–Crippen LogP) is 12.4. The van der Waals surface area contributed by atoms with Gasteiger partial charge in [0.1, 0.15) is 18.8 Å². The molecule has 0 bridgehead atoms. The monoisotopic (exact) mass is 1170 g/mol. The summed E-state index contributed by atoms with van der Waals surface area (Å²) in [6.45, 7) is 30.9. The highest BCUT2D eigenvalue weighted by molar-refractivity contribution is 5.93. The van der Waals surface area contributed by atoms with Crippen LogP contribution in [0.5, 0.6) is 0 Å². The third kappa shape index (κ3) is 21.2. The van der Waals surface area contributed by atoms with Gasteiger partial charge in [-0.15, -0.1) is 0 Å². The first-order valence-electron chi connectivity index (χ1n) is 29.6. The van der Waals surface area contributed by atoms with Gasteiger partial charge in [-0.2, -0.15) is 0 Å². The summed E-state index contributed by atoms with van der Waals surface area (Å²) in [4.78, 5) is 78.7. The normalized spacial score (nSPS) is 18.9. The molecule has 4 amide bonds. The number of rotatable bonds is 29. The zero-order valence-electron chi connectivity index (χ0n) is 51.7. The molecule has 4 unspecified atom stereocenters. The molecule has 0 aliphatic heterocycles. The van der Waals surface area contributed by atoms with Gasteiger partial charge in [0.05, 0.1) is 84.9 Å². The van der Waals surface area contributed by atoms with Crippen LogP contribution in [0.1, 0.15) is 177 Å². The first-order chi connectivity index (χ1) is 39.6. The van der Waals surface area contributed by atoms with Gasteiger partial charge in [-0.05, 0) is 198 Å². The summed E-state index contributed by atoms with van der Waals surface area (Å²) in [6, 6.07) is 21.1. The highest BCUT2D eigenvalue weighted by Crippen LogP contribution is 2.33. The van der Waals surface area contributed by atoms with Crippen molar-refractivity contribution in [1.82, 2.24) is 21.3 Å². The molecule has 0 saturated heterocycles. The van der Waals surface area contributed by atoms with E-state index in [1.54, 1.807) is 27.7 Å². The van der Waals surface area contributed by atoms with Gasteiger partial charge in [0, 0.05) is 5.92 Å². The number of carbonyl (C=O) groups excluding carboxylic acids is 6. The average Bonchev–Trinajstić information content (AvgIpc) is 3.64. The zero-order valence-corrected chi connectivity index (χ0v) is 51.7. The number of nitrogens with one attached hydrogen (secondary N) is 4. The van der Waals surface area contributed by atoms with Crippen LogP contribution in [-0.4, -0.2) is 94.1 Å². The van der Waals surface area contributed by atoms with E-state index in [-0.39, 0.29) is 36.2 Å². The second kappa shape index (κ2) is 31.2. The number of hydrogen-bond donors (Lipinski definition) is 4. The summed E-state index contributed by atoms with van der Waals surface area (Å²) in [6.07, 6.45) is 7.14. The first kappa shape index (κ1) is 67.7. The van der Waals surface area contributed by atoms with Crippen LogP contribution in [-0.2, 0) is 64.8 Å². The van der Waals surface area contributed by atoms with Crippen molar-refractivity contribution in [3.63, 3.8) is 0 Å². The molecular weight excluding hydrogens is 1070 g/mol. The smallest absolute Gasteiger partial charge is 0.407 e. The lowest BCUT2D eigenvalue weighted by Gasteiger charge is -2.32. The summed E-state index contributed by atoms with van der Waals surface area (Å²) in [7, 11) is 0. The lowest BCUT2D eigenvalue weighted by Crippen LogP contribution is -2.47. The summed E-state index contributed by atoms with van der Waals surface area (Å²) < 4.78 is 44.8. The fourth-order valence-electron chi connectivity index (χ4n) is 10.3. The first-order valence-corrected chi connectivity index (χ1v) is 29.6. The van der Waals surface area contributed by atoms with Crippen LogP contribution < -0.4 is 21.3 Å². The van der Waals surface area contributed by atoms with Gasteiger partial charge in [0.25, 0.3) is 0 Å². The van der Waals surface area contributed by atoms with E-state index in [0.29, 0.717) is 50.1 Å². The van der Waals surface area contributed by atoms with Crippen LogP contribution in [0.2, 0.25) is 0 Å². The minimum Gasteiger partial charge on any atom is -0.502 e. The van der Waals surface area contributed by atoms with Gasteiger partial charge in [-0.1, -0.05) is 68.6 Å². The van der Waals surface area contributed by atoms with Gasteiger partial charge in [0.2, 0.25) is 5.91 Å². The Morgan fingerprint density at radius 3 is 1.24 bits per heavy atom. The Morgan fingerprint density at radius 1 is 0.488 bits per heavy atom. The van der Waals surface area contributed by atoms with Gasteiger partial charge in [0.15, 0.2) is 0 Å². The molecule has 0 aromatic heterocycles. The maximum absolute atomic E-state index is 13.5. The van der Waals surface area contributed by atoms with Crippen molar-refractivity contribution in [1.29, 1.82) is 0 Å². The van der Waals surface area contributed by atoms with Crippen LogP contribution in [0, 0.1) is 29.6 Å². The van der Waals surface area contributed by atoms with E-state index in [9.17, 15) is 28.8 Å². The minimum absolute atomic E-state index is 0.0432. The Bertz CT molecular complexity index is 2670. The molecule has 2 aliphatic carbocycles. The van der Waals surface area contributed by atoms with E-state index < -0.39 is 70.7 Å². The molecule has 84 heavy (non-hydrogen) atoms. The van der Waals surface area contributed by atoms with E-state index >= 15 is 0 Å². The predicted molar refractivity (Wildman–Crippen MR) is 321 cm³/mol. The molecule has 0 spiro atoms. The van der Waals surface area contributed by atoms with E-state index in [2.05, 4.69) is 34.4 Å². The molecular formula is C66H94N4O14. The molecule has 0 radical (unpaired) electrons. The van der Waals surface area contributed by atoms with Crippen LogP contribution >= 0.6 is 0 Å². The van der Waals surface area contributed by atoms with Crippen molar-refractivity contribution in [2.24, 2.45) is 29.6 Å². The largest absolute Gasteiger partial charge is 0.502 e. The topological polar surface area (TPSA) is 224 Å². The Hall–Kier alpha value is -7.08. The van der Waals surface area contributed by atoms with E-state index in [0.717, 1.165) is 73.6 Å². The summed E-state index contributed by atoms with van der Waals surface area (Å²) in [5.41, 5.74) is 0.395. The van der Waals surface area contributed by atoms with Crippen LogP contribution in [0.3, 0.4) is 0 Å². The van der Waals surface area contributed by atoms with Crippen molar-refractivity contribution in [3.05, 3.63) is 132 Å². The van der Waals surface area contributed by atoms with Crippen molar-refractivity contribution in [2.45, 2.75) is 175 Å². The molecule has 18 heteroatoms. The molecule has 4 atom stereocenters. The third-order valence-corrected chi connectivity index (χ3v) is 16.2. The van der Waals surface area contributed by atoms with Crippen molar-refractivity contribution >= 4 is 36.1 Å². The van der Waals surface area contributed by atoms with Crippen LogP contribution in [0.15, 0.2) is 98.5 Å². The summed E-state index contributed by atoms with van der Waals surface area (Å²) in [5, 5.41) is 12.0. The number of ether oxygens (including phenoxy) is 8. The maximum atomic E-state index is 13.5. The number of carbonyl (C=O) groups is 6. The minimum atomic E-state index is -0.900. The lowest BCUT2D eigenvalue weighted by atomic mass is 9.83. The maximum Gasteiger partial charge on any atom is 0.407 e. The molecule has 4 N–H and O–H groups in total.